The van der Waals surface area contributed by atoms with Crippen LogP contribution in [0.5, 0.6) is 0 Å². The van der Waals surface area contributed by atoms with E-state index in [9.17, 15) is 0 Å². The third-order valence-electron chi connectivity index (χ3n) is 1.90. The highest BCUT2D eigenvalue weighted by Crippen LogP contribution is 2.21. The highest BCUT2D eigenvalue weighted by atomic mass is 32.1. The summed E-state index contributed by atoms with van der Waals surface area (Å²) in [4.78, 5) is 0. The monoisotopic (exact) mass is 174 g/mol. The molecule has 60 valence electrons. The maximum atomic E-state index is 3.73. The van der Waals surface area contributed by atoms with E-state index in [0.29, 0.717) is 0 Å². The Morgan fingerprint density at radius 1 is 1.33 bits per heavy atom. The van der Waals surface area contributed by atoms with E-state index in [0.717, 1.165) is 6.42 Å². The van der Waals surface area contributed by atoms with Crippen LogP contribution < -0.4 is 0 Å². The van der Waals surface area contributed by atoms with Gasteiger partial charge in [-0.1, -0.05) is 12.1 Å². The molecule has 12 heavy (non-hydrogen) atoms. The summed E-state index contributed by atoms with van der Waals surface area (Å²) in [5.41, 5.74) is 1.34. The molecule has 0 saturated heterocycles. The molecule has 0 N–H and O–H groups in total. The molecule has 1 heteroatoms. The molecule has 0 unspecified atom stereocenters. The molecule has 0 nitrogen and oxygen atoms in total. The fraction of sp³-hybridized carbons (Fsp3) is 0.0909. The van der Waals surface area contributed by atoms with E-state index in [1.807, 2.05) is 6.08 Å². The second-order valence-electron chi connectivity index (χ2n) is 2.79. The third kappa shape index (κ3) is 1.28. The van der Waals surface area contributed by atoms with Crippen LogP contribution in [0.15, 0.2) is 42.3 Å². The Balaban J connectivity index is 2.52. The van der Waals surface area contributed by atoms with E-state index in [-0.39, 0.29) is 0 Å². The average molecular weight is 174 g/mol. The number of fused-ring (bicyclic) bond motifs is 1. The summed E-state index contributed by atoms with van der Waals surface area (Å²) < 4.78 is 1.36. The summed E-state index contributed by atoms with van der Waals surface area (Å²) in [6.45, 7) is 3.73. The van der Waals surface area contributed by atoms with Crippen molar-refractivity contribution in [1.29, 1.82) is 0 Å². The summed E-state index contributed by atoms with van der Waals surface area (Å²) in [6.07, 6.45) is 2.90. The van der Waals surface area contributed by atoms with Crippen LogP contribution in [0.2, 0.25) is 0 Å². The summed E-state index contributed by atoms with van der Waals surface area (Å²) >= 11 is 1.79. The predicted octanol–water partition coefficient (Wildman–Crippen LogP) is 3.63. The van der Waals surface area contributed by atoms with E-state index in [1.165, 1.54) is 15.6 Å². The van der Waals surface area contributed by atoms with Crippen molar-refractivity contribution in [3.63, 3.8) is 0 Å². The molecule has 1 heterocycles. The minimum atomic E-state index is 0.964. The number of allylic oxidation sites excluding steroid dienone is 1. The van der Waals surface area contributed by atoms with Crippen LogP contribution in [-0.2, 0) is 6.42 Å². The van der Waals surface area contributed by atoms with E-state index in [4.69, 9.17) is 0 Å². The first-order valence-electron chi connectivity index (χ1n) is 3.97. The van der Waals surface area contributed by atoms with E-state index < -0.39 is 0 Å². The van der Waals surface area contributed by atoms with Crippen molar-refractivity contribution < 1.29 is 0 Å². The van der Waals surface area contributed by atoms with Gasteiger partial charge >= 0.3 is 0 Å². The quantitative estimate of drug-likeness (QED) is 0.610. The summed E-state index contributed by atoms with van der Waals surface area (Å²) in [6, 6.07) is 8.74. The molecule has 0 atom stereocenters. The number of hydrogen-bond donors (Lipinski definition) is 0. The standard InChI is InChI=1S/C11H10S/c1-2-3-9-4-5-11-10(8-9)6-7-12-11/h2,4-8H,1,3H2. The fourth-order valence-corrected chi connectivity index (χ4v) is 2.08. The zero-order valence-corrected chi connectivity index (χ0v) is 7.60. The van der Waals surface area contributed by atoms with Gasteiger partial charge in [-0.25, -0.2) is 0 Å². The van der Waals surface area contributed by atoms with Crippen molar-refractivity contribution in [3.05, 3.63) is 47.9 Å². The maximum Gasteiger partial charge on any atom is 0.0342 e. The Bertz CT molecular complexity index is 398. The predicted molar refractivity (Wildman–Crippen MR) is 55.7 cm³/mol. The molecule has 1 aromatic heterocycles. The largest absolute Gasteiger partial charge is 0.144 e. The minimum absolute atomic E-state index is 0.964. The van der Waals surface area contributed by atoms with Gasteiger partial charge in [0.1, 0.15) is 0 Å². The van der Waals surface area contributed by atoms with Crippen molar-refractivity contribution in [1.82, 2.24) is 0 Å². The Hall–Kier alpha value is -1.08. The maximum absolute atomic E-state index is 3.73. The summed E-state index contributed by atoms with van der Waals surface area (Å²) in [5.74, 6) is 0. The molecule has 0 amide bonds. The molecule has 2 rings (SSSR count). The van der Waals surface area contributed by atoms with Crippen molar-refractivity contribution in [3.8, 4) is 0 Å². The van der Waals surface area contributed by atoms with Crippen LogP contribution in [0.1, 0.15) is 5.56 Å². The van der Waals surface area contributed by atoms with E-state index >= 15 is 0 Å². The van der Waals surface area contributed by atoms with Gasteiger partial charge in [0.05, 0.1) is 0 Å². The SMILES string of the molecule is C=CCc1ccc2sccc2c1. The van der Waals surface area contributed by atoms with E-state index in [2.05, 4.69) is 36.2 Å². The smallest absolute Gasteiger partial charge is 0.0342 e. The normalized spacial score (nSPS) is 10.3. The molecule has 0 fully saturated rings. The molecule has 0 aliphatic rings. The Morgan fingerprint density at radius 3 is 3.08 bits per heavy atom. The molecule has 0 saturated carbocycles. The summed E-state index contributed by atoms with van der Waals surface area (Å²) in [7, 11) is 0. The molecule has 0 bridgehead atoms. The van der Waals surface area contributed by atoms with Crippen molar-refractivity contribution in [2.75, 3.05) is 0 Å². The molecular weight excluding hydrogens is 164 g/mol. The van der Waals surface area contributed by atoms with Gasteiger partial charge < -0.3 is 0 Å². The van der Waals surface area contributed by atoms with Crippen LogP contribution >= 0.6 is 11.3 Å². The average Bonchev–Trinajstić information content (AvgIpc) is 2.51. The first-order chi connectivity index (χ1) is 5.90. The van der Waals surface area contributed by atoms with Gasteiger partial charge in [0.15, 0.2) is 0 Å². The Labute approximate surface area is 76.2 Å². The lowest BCUT2D eigenvalue weighted by atomic mass is 10.1. The number of thiophene rings is 1. The van der Waals surface area contributed by atoms with Crippen LogP contribution in [-0.4, -0.2) is 0 Å². The van der Waals surface area contributed by atoms with Gasteiger partial charge in [-0.2, -0.15) is 0 Å². The molecule has 0 aliphatic carbocycles. The molecule has 2 aromatic rings. The van der Waals surface area contributed by atoms with Gasteiger partial charge in [-0.05, 0) is 40.9 Å². The zero-order chi connectivity index (χ0) is 8.39. The van der Waals surface area contributed by atoms with Gasteiger partial charge in [0, 0.05) is 4.70 Å². The summed E-state index contributed by atoms with van der Waals surface area (Å²) in [5, 5.41) is 3.47. The first kappa shape index (κ1) is 7.56. The topological polar surface area (TPSA) is 0 Å². The molecular formula is C11H10S. The van der Waals surface area contributed by atoms with Crippen molar-refractivity contribution in [2.24, 2.45) is 0 Å². The molecule has 0 radical (unpaired) electrons. The van der Waals surface area contributed by atoms with E-state index in [1.54, 1.807) is 11.3 Å². The van der Waals surface area contributed by atoms with Crippen LogP contribution in [0.4, 0.5) is 0 Å². The second kappa shape index (κ2) is 3.11. The van der Waals surface area contributed by atoms with Crippen LogP contribution in [0.25, 0.3) is 10.1 Å². The molecule has 1 aromatic carbocycles. The van der Waals surface area contributed by atoms with Crippen LogP contribution in [0.3, 0.4) is 0 Å². The Kier molecular flexibility index (Phi) is 1.96. The lowest BCUT2D eigenvalue weighted by Gasteiger charge is -1.95. The second-order valence-corrected chi connectivity index (χ2v) is 3.73. The van der Waals surface area contributed by atoms with Gasteiger partial charge in [-0.15, -0.1) is 17.9 Å². The fourth-order valence-electron chi connectivity index (χ4n) is 1.31. The van der Waals surface area contributed by atoms with Gasteiger partial charge in [-0.3, -0.25) is 0 Å². The molecule has 0 aliphatic heterocycles. The zero-order valence-electron chi connectivity index (χ0n) is 6.79. The number of hydrogen-bond acceptors (Lipinski definition) is 1. The lowest BCUT2D eigenvalue weighted by molar-refractivity contribution is 1.29. The highest BCUT2D eigenvalue weighted by Gasteiger charge is 1.94. The highest BCUT2D eigenvalue weighted by molar-refractivity contribution is 7.17. The molecule has 0 spiro atoms. The van der Waals surface area contributed by atoms with Crippen molar-refractivity contribution >= 4 is 21.4 Å². The van der Waals surface area contributed by atoms with Crippen LogP contribution in [0, 0.1) is 0 Å². The number of rotatable bonds is 2. The Morgan fingerprint density at radius 2 is 2.25 bits per heavy atom. The third-order valence-corrected chi connectivity index (χ3v) is 2.79. The first-order valence-corrected chi connectivity index (χ1v) is 4.85. The minimum Gasteiger partial charge on any atom is -0.144 e. The lowest BCUT2D eigenvalue weighted by Crippen LogP contribution is -1.77. The van der Waals surface area contributed by atoms with Gasteiger partial charge in [0.2, 0.25) is 0 Å². The van der Waals surface area contributed by atoms with Crippen molar-refractivity contribution in [2.45, 2.75) is 6.42 Å². The number of benzene rings is 1. The van der Waals surface area contributed by atoms with Gasteiger partial charge in [0.25, 0.3) is 0 Å².